The molecule has 4 aliphatic carbocycles. The summed E-state index contributed by atoms with van der Waals surface area (Å²) in [5, 5.41) is 13.0. The largest absolute Gasteiger partial charge is 0.508 e. The van der Waals surface area contributed by atoms with E-state index in [1.165, 1.54) is 11.1 Å². The molecule has 2 fully saturated rings. The van der Waals surface area contributed by atoms with E-state index >= 15 is 0 Å². The first-order chi connectivity index (χ1) is 16.9. The average Bonchev–Trinajstić information content (AvgIpc) is 3.20. The van der Waals surface area contributed by atoms with Crippen molar-refractivity contribution in [3.05, 3.63) is 64.4 Å². The second-order valence-corrected chi connectivity index (χ2v) is 13.1. The third-order valence-electron chi connectivity index (χ3n) is 10.9. The fraction of sp³-hybridized carbons (Fsp3) is 0.562. The van der Waals surface area contributed by atoms with Gasteiger partial charge >= 0.3 is 0 Å². The molecule has 1 aromatic carbocycles. The number of hydrogen-bond donors (Lipinski definition) is 2. The van der Waals surface area contributed by atoms with Crippen molar-refractivity contribution in [1.82, 2.24) is 5.32 Å². The molecule has 5 aliphatic rings. The second-order valence-electron chi connectivity index (χ2n) is 13.1. The molecular formula is C32H39NO3. The zero-order valence-corrected chi connectivity index (χ0v) is 22.4. The minimum Gasteiger partial charge on any atom is -0.508 e. The quantitative estimate of drug-likeness (QED) is 0.391. The van der Waals surface area contributed by atoms with Crippen molar-refractivity contribution < 1.29 is 14.7 Å². The summed E-state index contributed by atoms with van der Waals surface area (Å²) in [6.07, 6.45) is 8.66. The Kier molecular flexibility index (Phi) is 4.92. The number of ketones is 1. The number of carbonyl (C=O) groups is 2. The van der Waals surface area contributed by atoms with Crippen LogP contribution in [0.3, 0.4) is 0 Å². The summed E-state index contributed by atoms with van der Waals surface area (Å²) in [4.78, 5) is 29.1. The van der Waals surface area contributed by atoms with Crippen LogP contribution in [-0.2, 0) is 16.0 Å². The maximum absolute atomic E-state index is 14.9. The molecule has 4 heteroatoms. The van der Waals surface area contributed by atoms with Gasteiger partial charge in [0.25, 0.3) is 0 Å². The van der Waals surface area contributed by atoms with Crippen LogP contribution in [0.2, 0.25) is 0 Å². The molecule has 1 aromatic rings. The molecule has 0 aromatic heterocycles. The minimum absolute atomic E-state index is 0.0112. The number of amides is 1. The number of carbonyl (C=O) groups excluding carboxylic acids is 2. The van der Waals surface area contributed by atoms with Gasteiger partial charge in [-0.05, 0) is 67.2 Å². The van der Waals surface area contributed by atoms with Gasteiger partial charge in [-0.25, -0.2) is 0 Å². The first kappa shape index (κ1) is 23.8. The molecule has 36 heavy (non-hydrogen) atoms. The van der Waals surface area contributed by atoms with Crippen LogP contribution in [-0.4, -0.2) is 16.8 Å². The summed E-state index contributed by atoms with van der Waals surface area (Å²) in [7, 11) is 0. The number of fused-ring (bicyclic) bond motifs is 4. The predicted molar refractivity (Wildman–Crippen MR) is 141 cm³/mol. The molecule has 190 valence electrons. The van der Waals surface area contributed by atoms with Gasteiger partial charge in [0.15, 0.2) is 5.78 Å². The van der Waals surface area contributed by atoms with Crippen LogP contribution >= 0.6 is 0 Å². The SMILES string of the molecule is CC1=CC2(C)C3C(C)=CC4(C)CC(C)CCC4C3C(=O)C23C(=O)NC(Cc2ccc(O)cc2)=C3C1C. The number of phenolic OH excluding ortho intramolecular Hbond substituents is 1. The lowest BCUT2D eigenvalue weighted by atomic mass is 9.50. The van der Waals surface area contributed by atoms with Crippen LogP contribution in [0.15, 0.2) is 58.8 Å². The second kappa shape index (κ2) is 7.46. The summed E-state index contributed by atoms with van der Waals surface area (Å²) < 4.78 is 0. The Morgan fingerprint density at radius 3 is 2.39 bits per heavy atom. The number of allylic oxidation sites excluding steroid dienone is 5. The lowest BCUT2D eigenvalue weighted by Crippen LogP contribution is -2.52. The van der Waals surface area contributed by atoms with Crippen molar-refractivity contribution in [2.45, 2.75) is 67.2 Å². The van der Waals surface area contributed by atoms with Gasteiger partial charge in [-0.2, -0.15) is 0 Å². The van der Waals surface area contributed by atoms with Gasteiger partial charge in [0.2, 0.25) is 5.91 Å². The van der Waals surface area contributed by atoms with Crippen LogP contribution < -0.4 is 5.32 Å². The fourth-order valence-electron chi connectivity index (χ4n) is 9.60. The molecule has 6 rings (SSSR count). The Bertz CT molecular complexity index is 1270. The van der Waals surface area contributed by atoms with E-state index in [4.69, 9.17) is 0 Å². The smallest absolute Gasteiger partial charge is 0.243 e. The highest BCUT2D eigenvalue weighted by Gasteiger charge is 2.77. The fourth-order valence-corrected chi connectivity index (χ4v) is 9.60. The third-order valence-corrected chi connectivity index (χ3v) is 10.9. The Morgan fingerprint density at radius 1 is 1.00 bits per heavy atom. The normalized spacial score (nSPS) is 43.2. The monoisotopic (exact) mass is 485 g/mol. The van der Waals surface area contributed by atoms with Gasteiger partial charge < -0.3 is 10.4 Å². The number of hydrogen-bond acceptors (Lipinski definition) is 3. The average molecular weight is 486 g/mol. The lowest BCUT2D eigenvalue weighted by molar-refractivity contribution is -0.142. The molecule has 8 unspecified atom stereocenters. The van der Waals surface area contributed by atoms with Crippen molar-refractivity contribution >= 4 is 11.7 Å². The van der Waals surface area contributed by atoms with Crippen LogP contribution in [0.4, 0.5) is 0 Å². The predicted octanol–water partition coefficient (Wildman–Crippen LogP) is 6.12. The Hall–Kier alpha value is -2.62. The lowest BCUT2D eigenvalue weighted by Gasteiger charge is -2.52. The molecule has 4 nitrogen and oxygen atoms in total. The third kappa shape index (κ3) is 2.76. The van der Waals surface area contributed by atoms with E-state index in [9.17, 15) is 14.7 Å². The Morgan fingerprint density at radius 2 is 1.69 bits per heavy atom. The summed E-state index contributed by atoms with van der Waals surface area (Å²) in [6.45, 7) is 13.4. The van der Waals surface area contributed by atoms with Gasteiger partial charge in [0, 0.05) is 35.3 Å². The molecule has 0 saturated heterocycles. The Labute approximate surface area is 214 Å². The van der Waals surface area contributed by atoms with E-state index < -0.39 is 10.8 Å². The molecule has 1 spiro atoms. The number of phenols is 1. The molecule has 2 saturated carbocycles. The standard InChI is InChI=1S/C32H39NO3/c1-17-7-12-23-25-26(19(3)15-30(23,5)14-17)31(6)16-18(2)20(4)27-24(13-21-8-10-22(34)11-9-21)33-29(36)32(27,31)28(25)35/h8-11,15-17,20,23,25-26,34H,7,12-14H2,1-6H3,(H,33,36). The molecular weight excluding hydrogens is 446 g/mol. The molecule has 0 bridgehead atoms. The van der Waals surface area contributed by atoms with Crippen LogP contribution in [0, 0.1) is 45.8 Å². The van der Waals surface area contributed by atoms with Gasteiger partial charge in [-0.3, -0.25) is 9.59 Å². The molecule has 8 atom stereocenters. The van der Waals surface area contributed by atoms with Gasteiger partial charge in [-0.15, -0.1) is 0 Å². The summed E-state index contributed by atoms with van der Waals surface area (Å²) in [5.41, 5.74) is 3.72. The van der Waals surface area contributed by atoms with Crippen molar-refractivity contribution in [3.63, 3.8) is 0 Å². The molecule has 1 aliphatic heterocycles. The van der Waals surface area contributed by atoms with Crippen molar-refractivity contribution in [2.24, 2.45) is 45.8 Å². The molecule has 1 heterocycles. The van der Waals surface area contributed by atoms with Crippen molar-refractivity contribution in [2.75, 3.05) is 0 Å². The van der Waals surface area contributed by atoms with E-state index in [1.54, 1.807) is 12.1 Å². The first-order valence-corrected chi connectivity index (χ1v) is 13.7. The van der Waals surface area contributed by atoms with Crippen molar-refractivity contribution in [1.29, 1.82) is 0 Å². The van der Waals surface area contributed by atoms with Gasteiger partial charge in [0.05, 0.1) is 0 Å². The van der Waals surface area contributed by atoms with Crippen LogP contribution in [0.5, 0.6) is 5.75 Å². The van der Waals surface area contributed by atoms with E-state index in [2.05, 4.69) is 59.0 Å². The maximum atomic E-state index is 14.9. The summed E-state index contributed by atoms with van der Waals surface area (Å²) in [6, 6.07) is 7.16. The highest BCUT2D eigenvalue weighted by atomic mass is 16.3. The minimum atomic E-state index is -1.14. The number of Topliss-reactive ketones (excluding diaryl/α,β-unsaturated/α-hetero) is 1. The highest BCUT2D eigenvalue weighted by Crippen LogP contribution is 2.73. The topological polar surface area (TPSA) is 66.4 Å². The number of aromatic hydroxyl groups is 1. The van der Waals surface area contributed by atoms with Crippen LogP contribution in [0.1, 0.15) is 66.4 Å². The maximum Gasteiger partial charge on any atom is 0.243 e. The number of benzene rings is 1. The molecule has 2 N–H and O–H groups in total. The van der Waals surface area contributed by atoms with Gasteiger partial charge in [-0.1, -0.05) is 69.5 Å². The van der Waals surface area contributed by atoms with E-state index in [0.29, 0.717) is 12.3 Å². The molecule has 0 radical (unpaired) electrons. The first-order valence-electron chi connectivity index (χ1n) is 13.7. The highest BCUT2D eigenvalue weighted by molar-refractivity contribution is 6.16. The zero-order valence-electron chi connectivity index (χ0n) is 22.4. The number of nitrogens with one attached hydrogen (secondary N) is 1. The summed E-state index contributed by atoms with van der Waals surface area (Å²) >= 11 is 0. The van der Waals surface area contributed by atoms with E-state index in [1.807, 2.05) is 12.1 Å². The van der Waals surface area contributed by atoms with Crippen LogP contribution in [0.25, 0.3) is 0 Å². The number of rotatable bonds is 2. The summed E-state index contributed by atoms with van der Waals surface area (Å²) in [5.74, 6) is 1.15. The molecule has 1 amide bonds. The van der Waals surface area contributed by atoms with E-state index in [0.717, 1.165) is 36.1 Å². The van der Waals surface area contributed by atoms with Crippen molar-refractivity contribution in [3.8, 4) is 5.75 Å². The van der Waals surface area contributed by atoms with E-state index in [-0.39, 0.29) is 46.5 Å². The zero-order chi connectivity index (χ0) is 25.8. The Balaban J connectivity index is 1.56. The van der Waals surface area contributed by atoms with Gasteiger partial charge in [0.1, 0.15) is 11.2 Å².